The first-order chi connectivity index (χ1) is 10.8. The molecule has 0 saturated carbocycles. The molecule has 1 aromatic rings. The largest absolute Gasteiger partial charge is 0.373 e. The third-order valence-electron chi connectivity index (χ3n) is 3.51. The summed E-state index contributed by atoms with van der Waals surface area (Å²) in [5, 5.41) is 5.76. The second kappa shape index (κ2) is 9.18. The highest BCUT2D eigenvalue weighted by molar-refractivity contribution is 5.81. The van der Waals surface area contributed by atoms with Gasteiger partial charge < -0.3 is 15.5 Å². The minimum atomic E-state index is -0.385. The molecule has 0 fully saturated rings. The average Bonchev–Trinajstić information content (AvgIpc) is 2.51. The second-order valence-corrected chi connectivity index (χ2v) is 6.72. The highest BCUT2D eigenvalue weighted by Gasteiger charge is 2.20. The Kier molecular flexibility index (Phi) is 7.59. The van der Waals surface area contributed by atoms with E-state index in [9.17, 15) is 9.59 Å². The van der Waals surface area contributed by atoms with Crippen LogP contribution in [0.5, 0.6) is 0 Å². The molecule has 0 saturated heterocycles. The van der Waals surface area contributed by atoms with Crippen molar-refractivity contribution in [2.45, 2.75) is 33.6 Å². The number of nitrogens with one attached hydrogen (secondary N) is 2. The highest BCUT2D eigenvalue weighted by atomic mass is 16.2. The van der Waals surface area contributed by atoms with Crippen molar-refractivity contribution in [3.63, 3.8) is 0 Å². The van der Waals surface area contributed by atoms with Crippen LogP contribution in [0.15, 0.2) is 30.3 Å². The van der Waals surface area contributed by atoms with E-state index in [0.29, 0.717) is 25.9 Å². The minimum Gasteiger partial charge on any atom is -0.373 e. The van der Waals surface area contributed by atoms with Crippen molar-refractivity contribution in [2.24, 2.45) is 5.41 Å². The van der Waals surface area contributed by atoms with Crippen LogP contribution in [0.2, 0.25) is 0 Å². The zero-order valence-corrected chi connectivity index (χ0v) is 14.7. The average molecular weight is 319 g/mol. The summed E-state index contributed by atoms with van der Waals surface area (Å²) >= 11 is 0. The molecule has 5 heteroatoms. The fraction of sp³-hybridized carbons (Fsp3) is 0.556. The molecule has 0 aromatic heterocycles. The summed E-state index contributed by atoms with van der Waals surface area (Å²) in [5.41, 5.74) is 0.747. The quantitative estimate of drug-likeness (QED) is 0.722. The van der Waals surface area contributed by atoms with E-state index in [1.165, 1.54) is 0 Å². The van der Waals surface area contributed by atoms with Gasteiger partial charge >= 0.3 is 0 Å². The molecule has 23 heavy (non-hydrogen) atoms. The number of anilines is 1. The molecule has 0 aliphatic rings. The Morgan fingerprint density at radius 3 is 2.30 bits per heavy atom. The molecule has 0 atom stereocenters. The van der Waals surface area contributed by atoms with E-state index in [1.807, 2.05) is 58.2 Å². The van der Waals surface area contributed by atoms with Gasteiger partial charge in [0.05, 0.1) is 0 Å². The van der Waals surface area contributed by atoms with Gasteiger partial charge in [0.15, 0.2) is 0 Å². The molecular formula is C18H29N3O2. The van der Waals surface area contributed by atoms with E-state index in [0.717, 1.165) is 12.2 Å². The molecule has 0 heterocycles. The summed E-state index contributed by atoms with van der Waals surface area (Å²) in [6.07, 6.45) is 1.08. The Morgan fingerprint density at radius 1 is 1.04 bits per heavy atom. The molecule has 128 valence electrons. The molecule has 1 rings (SSSR count). The number of amides is 2. The second-order valence-electron chi connectivity index (χ2n) is 6.72. The van der Waals surface area contributed by atoms with Gasteiger partial charge in [0.25, 0.3) is 0 Å². The van der Waals surface area contributed by atoms with Crippen LogP contribution in [0.3, 0.4) is 0 Å². The predicted molar refractivity (Wildman–Crippen MR) is 94.4 cm³/mol. The minimum absolute atomic E-state index is 0.0161. The Bertz CT molecular complexity index is 495. The van der Waals surface area contributed by atoms with Gasteiger partial charge in [-0.05, 0) is 18.6 Å². The van der Waals surface area contributed by atoms with Gasteiger partial charge in [-0.3, -0.25) is 9.59 Å². The van der Waals surface area contributed by atoms with Crippen LogP contribution >= 0.6 is 0 Å². The maximum atomic E-state index is 11.8. The van der Waals surface area contributed by atoms with Gasteiger partial charge in [-0.2, -0.15) is 0 Å². The van der Waals surface area contributed by atoms with Crippen molar-refractivity contribution in [2.75, 3.05) is 31.6 Å². The third-order valence-corrected chi connectivity index (χ3v) is 3.51. The summed E-state index contributed by atoms with van der Waals surface area (Å²) in [6, 6.07) is 10.1. The van der Waals surface area contributed by atoms with Crippen LogP contribution in [0, 0.1) is 5.41 Å². The van der Waals surface area contributed by atoms with Crippen LogP contribution in [0.1, 0.15) is 33.6 Å². The number of hydrogen-bond donors (Lipinski definition) is 2. The van der Waals surface area contributed by atoms with Crippen molar-refractivity contribution in [1.82, 2.24) is 10.6 Å². The van der Waals surface area contributed by atoms with Crippen molar-refractivity contribution in [3.8, 4) is 0 Å². The first kappa shape index (κ1) is 19.0. The molecule has 0 bridgehead atoms. The first-order valence-electron chi connectivity index (χ1n) is 8.12. The number of carbonyl (C=O) groups is 2. The maximum Gasteiger partial charge on any atom is 0.225 e. The number of benzene rings is 1. The lowest BCUT2D eigenvalue weighted by Gasteiger charge is -2.19. The van der Waals surface area contributed by atoms with Crippen molar-refractivity contribution < 1.29 is 9.59 Å². The van der Waals surface area contributed by atoms with Gasteiger partial charge in [-0.25, -0.2) is 0 Å². The lowest BCUT2D eigenvalue weighted by molar-refractivity contribution is -0.128. The summed E-state index contributed by atoms with van der Waals surface area (Å²) in [6.45, 7) is 7.53. The Labute approximate surface area is 139 Å². The molecule has 0 aliphatic heterocycles. The molecule has 0 aliphatic carbocycles. The summed E-state index contributed by atoms with van der Waals surface area (Å²) in [5.74, 6) is 0.0406. The molecule has 2 amide bonds. The van der Waals surface area contributed by atoms with Gasteiger partial charge in [0.1, 0.15) is 0 Å². The van der Waals surface area contributed by atoms with E-state index < -0.39 is 0 Å². The van der Waals surface area contributed by atoms with Crippen LogP contribution < -0.4 is 15.5 Å². The normalized spacial score (nSPS) is 11.0. The highest BCUT2D eigenvalue weighted by Crippen LogP contribution is 2.12. The van der Waals surface area contributed by atoms with Gasteiger partial charge in [-0.1, -0.05) is 39.0 Å². The molecule has 2 N–H and O–H groups in total. The molecule has 0 unspecified atom stereocenters. The van der Waals surface area contributed by atoms with Crippen molar-refractivity contribution >= 4 is 17.5 Å². The molecule has 0 radical (unpaired) electrons. The van der Waals surface area contributed by atoms with Gasteiger partial charge in [-0.15, -0.1) is 0 Å². The number of likely N-dealkylation sites (N-methyl/N-ethyl adjacent to an activating group) is 1. The molecule has 5 nitrogen and oxygen atoms in total. The number of hydrogen-bond acceptors (Lipinski definition) is 3. The van der Waals surface area contributed by atoms with Crippen LogP contribution in [0.25, 0.3) is 0 Å². The number of para-hydroxylation sites is 1. The monoisotopic (exact) mass is 319 g/mol. The standard InChI is InChI=1S/C18H29N3O2/c1-18(2,3)17(23)20-12-8-11-16(22)19-13-14-21(4)15-9-6-5-7-10-15/h5-7,9-10H,8,11-14H2,1-4H3,(H,19,22)(H,20,23). The summed E-state index contributed by atoms with van der Waals surface area (Å²) in [7, 11) is 2.00. The SMILES string of the molecule is CN(CCNC(=O)CCCNC(=O)C(C)(C)C)c1ccccc1. The number of rotatable bonds is 8. The van der Waals surface area contributed by atoms with E-state index in [4.69, 9.17) is 0 Å². The Hall–Kier alpha value is -2.04. The zero-order valence-electron chi connectivity index (χ0n) is 14.7. The molecule has 1 aromatic carbocycles. The molecule has 0 spiro atoms. The van der Waals surface area contributed by atoms with E-state index in [2.05, 4.69) is 15.5 Å². The summed E-state index contributed by atoms with van der Waals surface area (Å²) < 4.78 is 0. The maximum absolute atomic E-state index is 11.8. The topological polar surface area (TPSA) is 61.4 Å². The van der Waals surface area contributed by atoms with Crippen molar-refractivity contribution in [3.05, 3.63) is 30.3 Å². The predicted octanol–water partition coefficient (Wildman–Crippen LogP) is 2.18. The lowest BCUT2D eigenvalue weighted by Crippen LogP contribution is -2.36. The molecular weight excluding hydrogens is 290 g/mol. The zero-order chi connectivity index (χ0) is 17.3. The first-order valence-corrected chi connectivity index (χ1v) is 8.12. The Morgan fingerprint density at radius 2 is 1.70 bits per heavy atom. The van der Waals surface area contributed by atoms with E-state index >= 15 is 0 Å². The number of nitrogens with zero attached hydrogens (tertiary/aromatic N) is 1. The van der Waals surface area contributed by atoms with Crippen LogP contribution in [0.4, 0.5) is 5.69 Å². The lowest BCUT2D eigenvalue weighted by atomic mass is 9.96. The van der Waals surface area contributed by atoms with Crippen molar-refractivity contribution in [1.29, 1.82) is 0 Å². The Balaban J connectivity index is 2.12. The van der Waals surface area contributed by atoms with Crippen LogP contribution in [-0.2, 0) is 9.59 Å². The van der Waals surface area contributed by atoms with Crippen LogP contribution in [-0.4, -0.2) is 38.5 Å². The fourth-order valence-corrected chi connectivity index (χ4v) is 1.98. The fourth-order valence-electron chi connectivity index (χ4n) is 1.98. The van der Waals surface area contributed by atoms with Gasteiger partial charge in [0.2, 0.25) is 11.8 Å². The van der Waals surface area contributed by atoms with E-state index in [-0.39, 0.29) is 17.2 Å². The summed E-state index contributed by atoms with van der Waals surface area (Å²) in [4.78, 5) is 25.5. The number of carbonyl (C=O) groups excluding carboxylic acids is 2. The third kappa shape index (κ3) is 7.68. The smallest absolute Gasteiger partial charge is 0.225 e. The van der Waals surface area contributed by atoms with Gasteiger partial charge in [0, 0.05) is 44.2 Å². The van der Waals surface area contributed by atoms with E-state index in [1.54, 1.807) is 0 Å².